The van der Waals surface area contributed by atoms with Gasteiger partial charge in [-0.3, -0.25) is 9.59 Å². The fraction of sp³-hybridized carbons (Fsp3) is 0.121. The van der Waals surface area contributed by atoms with Crippen molar-refractivity contribution in [3.8, 4) is 22.9 Å². The number of benzene rings is 4. The Morgan fingerprint density at radius 1 is 0.625 bits per heavy atom. The second-order valence-electron chi connectivity index (χ2n) is 10.6. The summed E-state index contributed by atoms with van der Waals surface area (Å²) < 4.78 is 41.5. The van der Waals surface area contributed by atoms with Crippen LogP contribution in [0.2, 0.25) is 0 Å². The van der Waals surface area contributed by atoms with Crippen LogP contribution in [-0.2, 0) is 22.4 Å². The molecule has 4 N–H and O–H groups in total. The van der Waals surface area contributed by atoms with Crippen LogP contribution < -0.4 is 21.3 Å². The van der Waals surface area contributed by atoms with Crippen LogP contribution in [-0.4, -0.2) is 56.4 Å². The maximum atomic E-state index is 15.0. The molecule has 0 bridgehead atoms. The van der Waals surface area contributed by atoms with E-state index < -0.39 is 17.7 Å². The van der Waals surface area contributed by atoms with E-state index in [1.165, 1.54) is 24.3 Å². The Kier molecular flexibility index (Phi) is 9.19. The van der Waals surface area contributed by atoms with Gasteiger partial charge < -0.3 is 30.1 Å². The van der Waals surface area contributed by atoms with E-state index in [1.54, 1.807) is 36.4 Å². The zero-order chi connectivity index (χ0) is 33.8. The first kappa shape index (κ1) is 32.0. The van der Waals surface area contributed by atoms with Crippen molar-refractivity contribution in [1.82, 2.24) is 20.6 Å². The quantitative estimate of drug-likeness (QED) is 0.157. The molecule has 6 rings (SSSR count). The van der Waals surface area contributed by atoms with E-state index in [9.17, 15) is 14.4 Å². The molecule has 4 aromatic carbocycles. The minimum atomic E-state index is -0.880. The lowest BCUT2D eigenvalue weighted by molar-refractivity contribution is -0.120. The summed E-state index contributed by atoms with van der Waals surface area (Å²) >= 11 is 0. The second-order valence-corrected chi connectivity index (χ2v) is 10.6. The largest absolute Gasteiger partial charge is 0.436 e. The molecule has 0 spiro atoms. The Labute approximate surface area is 274 Å². The molecular weight excluding hydrogens is 620 g/mol. The van der Waals surface area contributed by atoms with E-state index in [0.717, 1.165) is 12.1 Å². The number of carbonyl (C=O) groups excluding carboxylic acids is 3. The monoisotopic (exact) mass is 644 g/mol. The number of urea groups is 1. The van der Waals surface area contributed by atoms with Gasteiger partial charge in [0.1, 0.15) is 22.7 Å². The van der Waals surface area contributed by atoms with Crippen LogP contribution in [0.1, 0.15) is 11.1 Å². The molecule has 0 aliphatic rings. The van der Waals surface area contributed by atoms with Gasteiger partial charge in [0.05, 0.1) is 39.9 Å². The molecule has 2 aromatic heterocycles. The van der Waals surface area contributed by atoms with Gasteiger partial charge in [-0.25, -0.2) is 23.5 Å². The predicted molar refractivity (Wildman–Crippen MR) is 176 cm³/mol. The van der Waals surface area contributed by atoms with Crippen molar-refractivity contribution in [3.63, 3.8) is 0 Å². The van der Waals surface area contributed by atoms with Gasteiger partial charge in [0.2, 0.25) is 23.6 Å². The van der Waals surface area contributed by atoms with E-state index in [-0.39, 0.29) is 60.7 Å². The molecule has 4 amide bonds. The first-order chi connectivity index (χ1) is 23.2. The number of aromatic nitrogens is 2. The van der Waals surface area contributed by atoms with Gasteiger partial charge in [-0.2, -0.15) is 0 Å². The summed E-state index contributed by atoms with van der Waals surface area (Å²) in [6, 6.07) is 17.2. The number of hydrogen-bond donors (Lipinski definition) is 4. The van der Waals surface area contributed by atoms with Gasteiger partial charge >= 0.3 is 6.03 Å². The molecule has 0 saturated carbocycles. The minimum Gasteiger partial charge on any atom is -0.436 e. The van der Waals surface area contributed by atoms with E-state index in [1.807, 2.05) is 0 Å². The highest BCUT2D eigenvalue weighted by Crippen LogP contribution is 2.30. The zero-order valence-corrected chi connectivity index (χ0v) is 25.1. The number of fused-ring (bicyclic) bond motifs is 2. The Balaban J connectivity index is 1.11. The second kappa shape index (κ2) is 13.8. The molecule has 0 unspecified atom stereocenters. The average Bonchev–Trinajstić information content (AvgIpc) is 3.67. The standard InChI is InChI=1S/C33H24B2F2N6O5/c34-15-38-29(44)11-17-1-7-27-25(9-17)40-31(47-27)19-3-5-23(21(36)13-19)42-33(46)43-24-6-4-20(14-22(24)37)32-41-26-10-18(2-8-28(26)48-32)12-30(45)39-16-35/h1-10,13-14H,11-12,15-16H2,(H,38,44)(H,39,45)(H2,42,43,46). The first-order valence-corrected chi connectivity index (χ1v) is 14.6. The Morgan fingerprint density at radius 2 is 1.06 bits per heavy atom. The highest BCUT2D eigenvalue weighted by Gasteiger charge is 2.17. The topological polar surface area (TPSA) is 151 Å². The Hall–Kier alpha value is -5.98. The van der Waals surface area contributed by atoms with Crippen LogP contribution >= 0.6 is 0 Å². The highest BCUT2D eigenvalue weighted by molar-refractivity contribution is 6.10. The number of halogens is 2. The number of rotatable bonds is 10. The predicted octanol–water partition coefficient (Wildman–Crippen LogP) is 4.79. The number of nitrogens with zero attached hydrogens (tertiary/aromatic N) is 2. The molecular formula is C33H24B2F2N6O5. The van der Waals surface area contributed by atoms with Crippen molar-refractivity contribution in [3.05, 3.63) is 95.6 Å². The van der Waals surface area contributed by atoms with Gasteiger partial charge in [0.15, 0.2) is 11.2 Å². The number of anilines is 2. The zero-order valence-electron chi connectivity index (χ0n) is 25.1. The van der Waals surface area contributed by atoms with Gasteiger partial charge in [0, 0.05) is 11.1 Å². The summed E-state index contributed by atoms with van der Waals surface area (Å²) in [5, 5.41) is 9.76. The Morgan fingerprint density at radius 3 is 1.46 bits per heavy atom. The van der Waals surface area contributed by atoms with Gasteiger partial charge in [-0.05, 0) is 84.7 Å². The maximum Gasteiger partial charge on any atom is 0.323 e. The smallest absolute Gasteiger partial charge is 0.323 e. The summed E-state index contributed by atoms with van der Waals surface area (Å²) in [4.78, 5) is 45.1. The van der Waals surface area contributed by atoms with Gasteiger partial charge in [-0.1, -0.05) is 12.1 Å². The molecule has 0 aliphatic heterocycles. The number of oxazole rings is 2. The molecule has 11 nitrogen and oxygen atoms in total. The van der Waals surface area contributed by atoms with Gasteiger partial charge in [-0.15, -0.1) is 0 Å². The molecule has 48 heavy (non-hydrogen) atoms. The fourth-order valence-electron chi connectivity index (χ4n) is 4.91. The summed E-state index contributed by atoms with van der Waals surface area (Å²) in [5.41, 5.74) is 3.54. The molecule has 0 atom stereocenters. The van der Waals surface area contributed by atoms with Crippen molar-refractivity contribution in [1.29, 1.82) is 0 Å². The van der Waals surface area contributed by atoms with E-state index in [4.69, 9.17) is 24.5 Å². The third-order valence-corrected chi connectivity index (χ3v) is 7.16. The van der Waals surface area contributed by atoms with E-state index >= 15 is 8.78 Å². The molecule has 0 saturated heterocycles. The maximum absolute atomic E-state index is 15.0. The molecule has 4 radical (unpaired) electrons. The van der Waals surface area contributed by atoms with Crippen LogP contribution in [0.25, 0.3) is 45.1 Å². The van der Waals surface area contributed by atoms with E-state index in [2.05, 4.69) is 31.2 Å². The van der Waals surface area contributed by atoms with Crippen molar-refractivity contribution in [2.24, 2.45) is 0 Å². The average molecular weight is 644 g/mol. The van der Waals surface area contributed by atoms with Crippen molar-refractivity contribution < 1.29 is 32.0 Å². The molecule has 236 valence electrons. The highest BCUT2D eigenvalue weighted by atomic mass is 19.1. The number of hydrogen-bond acceptors (Lipinski definition) is 7. The summed E-state index contributed by atoms with van der Waals surface area (Å²) in [6.45, 7) is 0. The third-order valence-electron chi connectivity index (χ3n) is 7.16. The van der Waals surface area contributed by atoms with Crippen LogP contribution in [0.3, 0.4) is 0 Å². The number of nitrogens with one attached hydrogen (secondary N) is 4. The van der Waals surface area contributed by atoms with Gasteiger partial charge in [0.25, 0.3) is 0 Å². The molecule has 15 heteroatoms. The lowest BCUT2D eigenvalue weighted by atomic mass is 10.1. The lowest BCUT2D eigenvalue weighted by Gasteiger charge is -2.10. The lowest BCUT2D eigenvalue weighted by Crippen LogP contribution is -2.26. The molecule has 6 aromatic rings. The number of amides is 4. The van der Waals surface area contributed by atoms with Crippen molar-refractivity contribution >= 4 is 67.1 Å². The fourth-order valence-corrected chi connectivity index (χ4v) is 4.91. The van der Waals surface area contributed by atoms with Crippen LogP contribution in [0.15, 0.2) is 81.6 Å². The summed E-state index contributed by atoms with van der Waals surface area (Å²) in [7, 11) is 10.7. The van der Waals surface area contributed by atoms with E-state index in [0.29, 0.717) is 44.5 Å². The first-order valence-electron chi connectivity index (χ1n) is 14.6. The van der Waals surface area contributed by atoms with Crippen LogP contribution in [0.4, 0.5) is 25.0 Å². The Bertz CT molecular complexity index is 2040. The van der Waals surface area contributed by atoms with Crippen LogP contribution in [0.5, 0.6) is 0 Å². The third kappa shape index (κ3) is 7.20. The number of carbonyl (C=O) groups is 3. The van der Waals surface area contributed by atoms with Crippen LogP contribution in [0, 0.1) is 11.6 Å². The molecule has 0 aliphatic carbocycles. The molecule has 2 heterocycles. The van der Waals surface area contributed by atoms with Crippen molar-refractivity contribution in [2.45, 2.75) is 12.8 Å². The normalized spacial score (nSPS) is 11.0. The SMILES string of the molecule is [B]CNC(=O)Cc1ccc2oc(-c3ccc(NC(=O)Nc4ccc(-c5nc6cc(CC(=O)NC[B])ccc6o5)cc4F)c(F)c3)nc2c1. The summed E-state index contributed by atoms with van der Waals surface area (Å²) in [5.74, 6) is -1.76. The summed E-state index contributed by atoms with van der Waals surface area (Å²) in [6.07, 6.45) is 0.282. The minimum absolute atomic E-state index is 0.0305. The molecule has 0 fully saturated rings. The van der Waals surface area contributed by atoms with Crippen molar-refractivity contribution in [2.75, 3.05) is 23.5 Å².